The molecule has 0 unspecified atom stereocenters. The summed E-state index contributed by atoms with van der Waals surface area (Å²) in [4.78, 5) is 19.9. The van der Waals surface area contributed by atoms with E-state index < -0.39 is 5.97 Å². The topological polar surface area (TPSA) is 124 Å². The van der Waals surface area contributed by atoms with Crippen molar-refractivity contribution in [2.75, 3.05) is 0 Å². The molecule has 0 spiro atoms. The molecule has 4 aromatic rings. The van der Waals surface area contributed by atoms with Crippen LogP contribution in [0.4, 0.5) is 0 Å². The van der Waals surface area contributed by atoms with Crippen molar-refractivity contribution in [3.63, 3.8) is 0 Å². The highest BCUT2D eigenvalue weighted by molar-refractivity contribution is 6.39. The standard InChI is InChI=1S/C29H26Cl2N4O5/c30-19-2-1-3-20(31)22(19)23-18(24(39-34-23)16-4-5-16)15-38-29-10-7-28(8-11-29,9-12-29)27-33-25(35-40-27)17-6-13-32-21(14-17)26(36)37/h1-3,6,13-14,16H,4-5,7-12,15H2,(H,36,37). The van der Waals surface area contributed by atoms with Crippen LogP contribution in [0.15, 0.2) is 45.6 Å². The maximum atomic E-state index is 11.3. The molecule has 206 valence electrons. The predicted molar refractivity (Wildman–Crippen MR) is 145 cm³/mol. The lowest BCUT2D eigenvalue weighted by Crippen LogP contribution is -2.49. The molecule has 1 aromatic carbocycles. The van der Waals surface area contributed by atoms with Gasteiger partial charge in [-0.1, -0.05) is 39.6 Å². The molecule has 0 saturated heterocycles. The van der Waals surface area contributed by atoms with Gasteiger partial charge in [-0.3, -0.25) is 0 Å². The summed E-state index contributed by atoms with van der Waals surface area (Å²) in [6, 6.07) is 8.58. The summed E-state index contributed by atoms with van der Waals surface area (Å²) in [6.45, 7) is 0.387. The molecule has 2 bridgehead atoms. The molecule has 0 atom stereocenters. The molecule has 3 heterocycles. The minimum absolute atomic E-state index is 0.0584. The van der Waals surface area contributed by atoms with Gasteiger partial charge in [0.1, 0.15) is 17.1 Å². The molecule has 4 saturated carbocycles. The number of nitrogens with zero attached hydrogens (tertiary/aromatic N) is 4. The van der Waals surface area contributed by atoms with Crippen molar-refractivity contribution >= 4 is 29.2 Å². The van der Waals surface area contributed by atoms with Gasteiger partial charge in [-0.05, 0) is 75.6 Å². The second-order valence-electron chi connectivity index (χ2n) is 11.2. The number of aromatic nitrogens is 4. The third-order valence-corrected chi connectivity index (χ3v) is 9.41. The number of aromatic carboxylic acids is 1. The Kier molecular flexibility index (Phi) is 6.21. The average molecular weight is 581 g/mol. The molecule has 0 aliphatic heterocycles. The lowest BCUT2D eigenvalue weighted by Gasteiger charge is -2.51. The van der Waals surface area contributed by atoms with Crippen LogP contribution < -0.4 is 0 Å². The largest absolute Gasteiger partial charge is 0.477 e. The molecule has 8 rings (SSSR count). The van der Waals surface area contributed by atoms with Crippen LogP contribution in [-0.2, 0) is 16.8 Å². The Hall–Kier alpha value is -3.27. The Morgan fingerprint density at radius 1 is 1.02 bits per heavy atom. The zero-order chi connectivity index (χ0) is 27.5. The van der Waals surface area contributed by atoms with Crippen molar-refractivity contribution in [2.24, 2.45) is 0 Å². The van der Waals surface area contributed by atoms with Crippen molar-refractivity contribution in [3.8, 4) is 22.6 Å². The minimum Gasteiger partial charge on any atom is -0.477 e. The van der Waals surface area contributed by atoms with E-state index in [0.717, 1.165) is 62.7 Å². The number of halogens is 2. The molecule has 0 amide bonds. The maximum Gasteiger partial charge on any atom is 0.354 e. The molecule has 11 heteroatoms. The zero-order valence-corrected chi connectivity index (χ0v) is 23.0. The fourth-order valence-corrected chi connectivity index (χ4v) is 6.78. The lowest BCUT2D eigenvalue weighted by molar-refractivity contribution is -0.130. The van der Waals surface area contributed by atoms with E-state index in [4.69, 9.17) is 42.0 Å². The van der Waals surface area contributed by atoms with Crippen molar-refractivity contribution in [3.05, 3.63) is 69.5 Å². The number of ether oxygens (including phenoxy) is 1. The van der Waals surface area contributed by atoms with Crippen LogP contribution in [-0.4, -0.2) is 37.0 Å². The Morgan fingerprint density at radius 2 is 1.75 bits per heavy atom. The van der Waals surface area contributed by atoms with Crippen molar-refractivity contribution in [1.29, 1.82) is 0 Å². The van der Waals surface area contributed by atoms with E-state index in [9.17, 15) is 9.90 Å². The molecule has 0 radical (unpaired) electrons. The Morgan fingerprint density at radius 3 is 2.42 bits per heavy atom. The predicted octanol–water partition coefficient (Wildman–Crippen LogP) is 7.23. The van der Waals surface area contributed by atoms with E-state index in [1.807, 2.05) is 18.2 Å². The fourth-order valence-electron chi connectivity index (χ4n) is 6.20. The van der Waals surface area contributed by atoms with E-state index in [0.29, 0.717) is 51.1 Å². The number of pyridine rings is 1. The van der Waals surface area contributed by atoms with Gasteiger partial charge in [0, 0.05) is 28.8 Å². The highest BCUT2D eigenvalue weighted by Gasteiger charge is 2.53. The molecule has 1 N–H and O–H groups in total. The summed E-state index contributed by atoms with van der Waals surface area (Å²) >= 11 is 13.1. The highest BCUT2D eigenvalue weighted by atomic mass is 35.5. The lowest BCUT2D eigenvalue weighted by atomic mass is 9.58. The van der Waals surface area contributed by atoms with Gasteiger partial charge < -0.3 is 18.9 Å². The van der Waals surface area contributed by atoms with E-state index >= 15 is 0 Å². The summed E-state index contributed by atoms with van der Waals surface area (Å²) in [5, 5.41) is 18.9. The number of carboxylic acids is 1. The summed E-state index contributed by atoms with van der Waals surface area (Å²) in [6.07, 6.45) is 8.81. The number of carbonyl (C=O) groups is 1. The van der Waals surface area contributed by atoms with E-state index in [1.54, 1.807) is 6.07 Å². The van der Waals surface area contributed by atoms with Crippen molar-refractivity contribution in [1.82, 2.24) is 20.3 Å². The second-order valence-corrected chi connectivity index (χ2v) is 12.0. The molecular formula is C29H26Cl2N4O5. The van der Waals surface area contributed by atoms with Gasteiger partial charge in [-0.15, -0.1) is 0 Å². The molecule has 3 aromatic heterocycles. The van der Waals surface area contributed by atoms with Crippen molar-refractivity contribution < 1.29 is 23.7 Å². The van der Waals surface area contributed by atoms with Gasteiger partial charge in [0.25, 0.3) is 0 Å². The Labute approximate surface area is 239 Å². The zero-order valence-electron chi connectivity index (χ0n) is 21.5. The van der Waals surface area contributed by atoms with E-state index in [-0.39, 0.29) is 16.7 Å². The molecule has 40 heavy (non-hydrogen) atoms. The van der Waals surface area contributed by atoms with E-state index in [2.05, 4.69) is 15.3 Å². The number of rotatable bonds is 8. The van der Waals surface area contributed by atoms with Crippen LogP contribution in [0.5, 0.6) is 0 Å². The van der Waals surface area contributed by atoms with E-state index in [1.165, 1.54) is 12.3 Å². The minimum atomic E-state index is -1.10. The number of benzene rings is 1. The number of fused-ring (bicyclic) bond motifs is 3. The number of hydrogen-bond donors (Lipinski definition) is 1. The number of carboxylic acid groups (broad SMARTS) is 1. The van der Waals surface area contributed by atoms with Crippen LogP contribution in [0, 0.1) is 0 Å². The monoisotopic (exact) mass is 580 g/mol. The van der Waals surface area contributed by atoms with Gasteiger partial charge in [0.2, 0.25) is 11.7 Å². The van der Waals surface area contributed by atoms with Gasteiger partial charge in [-0.2, -0.15) is 4.98 Å². The van der Waals surface area contributed by atoms with Crippen molar-refractivity contribution in [2.45, 2.75) is 74.9 Å². The fraction of sp³-hybridized carbons (Fsp3) is 0.414. The maximum absolute atomic E-state index is 11.3. The molecule has 4 aliphatic rings. The molecular weight excluding hydrogens is 555 g/mol. The third kappa shape index (κ3) is 4.40. The quantitative estimate of drug-likeness (QED) is 0.229. The van der Waals surface area contributed by atoms with Crippen LogP contribution >= 0.6 is 23.2 Å². The molecule has 4 fully saturated rings. The van der Waals surface area contributed by atoms with Crippen LogP contribution in [0.2, 0.25) is 10.0 Å². The van der Waals surface area contributed by atoms with Crippen LogP contribution in [0.1, 0.15) is 85.0 Å². The SMILES string of the molecule is O=C(O)c1cc(-c2noc(C34CCC(OCc5c(-c6c(Cl)cccc6Cl)noc5C5CC5)(CC3)CC4)n2)ccn1. The first kappa shape index (κ1) is 25.7. The van der Waals surface area contributed by atoms with Gasteiger partial charge in [-0.25, -0.2) is 9.78 Å². The Balaban J connectivity index is 1.09. The van der Waals surface area contributed by atoms with Crippen LogP contribution in [0.3, 0.4) is 0 Å². The second kappa shape index (κ2) is 9.68. The summed E-state index contributed by atoms with van der Waals surface area (Å²) in [5.74, 6) is 1.12. The normalized spacial score (nSPS) is 23.9. The molecule has 4 aliphatic carbocycles. The first-order chi connectivity index (χ1) is 19.4. The van der Waals surface area contributed by atoms with Gasteiger partial charge in [0.15, 0.2) is 0 Å². The average Bonchev–Trinajstić information content (AvgIpc) is 3.53. The van der Waals surface area contributed by atoms with Gasteiger partial charge in [0.05, 0.1) is 27.7 Å². The third-order valence-electron chi connectivity index (χ3n) is 8.78. The smallest absolute Gasteiger partial charge is 0.354 e. The molecule has 9 nitrogen and oxygen atoms in total. The number of hydrogen-bond acceptors (Lipinski definition) is 8. The summed E-state index contributed by atoms with van der Waals surface area (Å²) < 4.78 is 18.3. The van der Waals surface area contributed by atoms with Crippen LogP contribution in [0.25, 0.3) is 22.6 Å². The summed E-state index contributed by atoms with van der Waals surface area (Å²) in [5.41, 5.74) is 2.34. The van der Waals surface area contributed by atoms with Gasteiger partial charge >= 0.3 is 5.97 Å². The Bertz CT molecular complexity index is 1570. The first-order valence-corrected chi connectivity index (χ1v) is 14.2. The first-order valence-electron chi connectivity index (χ1n) is 13.5. The summed E-state index contributed by atoms with van der Waals surface area (Å²) in [7, 11) is 0. The highest BCUT2D eigenvalue weighted by Crippen LogP contribution is 2.55.